The van der Waals surface area contributed by atoms with Crippen molar-refractivity contribution in [2.45, 2.75) is 26.6 Å². The van der Waals surface area contributed by atoms with Crippen LogP contribution in [0.1, 0.15) is 30.0 Å². The van der Waals surface area contributed by atoms with Gasteiger partial charge in [0.1, 0.15) is 18.0 Å². The maximum Gasteiger partial charge on any atom is 0.272 e. The predicted molar refractivity (Wildman–Crippen MR) is 131 cm³/mol. The number of amides is 2. The number of carbonyl (C=O) groups is 2. The number of nitrogens with zero attached hydrogens (tertiary/aromatic N) is 4. The lowest BCUT2D eigenvalue weighted by Gasteiger charge is -2.25. The highest BCUT2D eigenvalue weighted by Gasteiger charge is 2.32. The molecular formula is C26H31N5O4. The highest BCUT2D eigenvalue weighted by molar-refractivity contribution is 5.96. The van der Waals surface area contributed by atoms with E-state index < -0.39 is 0 Å². The maximum atomic E-state index is 13.4. The molecule has 1 aromatic carbocycles. The fourth-order valence-corrected chi connectivity index (χ4v) is 4.14. The van der Waals surface area contributed by atoms with Gasteiger partial charge in [0.2, 0.25) is 5.91 Å². The number of rotatable bonds is 8. The van der Waals surface area contributed by atoms with Crippen LogP contribution in [0.2, 0.25) is 0 Å². The predicted octanol–water partition coefficient (Wildman–Crippen LogP) is 3.01. The van der Waals surface area contributed by atoms with Gasteiger partial charge >= 0.3 is 0 Å². The summed E-state index contributed by atoms with van der Waals surface area (Å²) in [5.41, 5.74) is 2.47. The Morgan fingerprint density at radius 3 is 2.71 bits per heavy atom. The van der Waals surface area contributed by atoms with Gasteiger partial charge in [-0.15, -0.1) is 0 Å². The van der Waals surface area contributed by atoms with E-state index in [1.807, 2.05) is 42.5 Å². The average Bonchev–Trinajstić information content (AvgIpc) is 3.30. The third-order valence-electron chi connectivity index (χ3n) is 5.78. The second kappa shape index (κ2) is 11.1. The minimum absolute atomic E-state index is 0.0159. The van der Waals surface area contributed by atoms with Crippen LogP contribution in [-0.2, 0) is 16.1 Å². The van der Waals surface area contributed by atoms with E-state index in [-0.39, 0.29) is 31.0 Å². The van der Waals surface area contributed by atoms with Crippen LogP contribution in [0.15, 0.2) is 54.7 Å². The Bertz CT molecular complexity index is 1150. The number of hydrogen-bond acceptors (Lipinski definition) is 6. The molecular weight excluding hydrogens is 446 g/mol. The number of H-pyrrole nitrogens is 1. The van der Waals surface area contributed by atoms with E-state index in [0.29, 0.717) is 42.8 Å². The van der Waals surface area contributed by atoms with Crippen molar-refractivity contribution in [2.75, 3.05) is 33.3 Å². The third kappa shape index (κ3) is 6.05. The second-order valence-electron chi connectivity index (χ2n) is 9.00. The smallest absolute Gasteiger partial charge is 0.272 e. The quantitative estimate of drug-likeness (QED) is 0.535. The Balaban J connectivity index is 1.53. The van der Waals surface area contributed by atoms with Crippen molar-refractivity contribution in [1.29, 1.82) is 0 Å². The molecule has 4 rings (SSSR count). The minimum Gasteiger partial charge on any atom is -0.496 e. The molecule has 184 valence electrons. The first-order valence-electron chi connectivity index (χ1n) is 11.7. The van der Waals surface area contributed by atoms with Gasteiger partial charge in [-0.3, -0.25) is 19.7 Å². The SMILES string of the molecule is COc1ccccc1-c1cc(C(=O)N2CC(=O)N(CC(C)C)CC(OCc3ccccn3)C2)[nH]n1. The fraction of sp³-hybridized carbons (Fsp3) is 0.385. The van der Waals surface area contributed by atoms with Crippen LogP contribution in [-0.4, -0.2) is 76.2 Å². The number of carbonyl (C=O) groups excluding carboxylic acids is 2. The van der Waals surface area contributed by atoms with Crippen LogP contribution in [0.4, 0.5) is 0 Å². The zero-order valence-electron chi connectivity index (χ0n) is 20.3. The standard InChI is InChI=1S/C26H31N5O4/c1-18(2)13-30-14-20(35-17-19-8-6-7-11-27-19)15-31(16-25(30)32)26(33)23-12-22(28-29-23)21-9-4-5-10-24(21)34-3/h4-12,18,20H,13-17H2,1-3H3,(H,28,29). The van der Waals surface area contributed by atoms with E-state index >= 15 is 0 Å². The third-order valence-corrected chi connectivity index (χ3v) is 5.78. The molecule has 0 spiro atoms. The largest absolute Gasteiger partial charge is 0.496 e. The van der Waals surface area contributed by atoms with Gasteiger partial charge in [-0.05, 0) is 36.2 Å². The Labute approximate surface area is 205 Å². The van der Waals surface area contributed by atoms with E-state index in [9.17, 15) is 9.59 Å². The number of aromatic amines is 1. The number of ether oxygens (including phenoxy) is 2. The summed E-state index contributed by atoms with van der Waals surface area (Å²) in [5.74, 6) is 0.564. The first-order valence-corrected chi connectivity index (χ1v) is 11.7. The molecule has 0 saturated carbocycles. The lowest BCUT2D eigenvalue weighted by molar-refractivity contribution is -0.132. The van der Waals surface area contributed by atoms with Gasteiger partial charge in [-0.2, -0.15) is 5.10 Å². The van der Waals surface area contributed by atoms with Crippen molar-refractivity contribution in [3.8, 4) is 17.0 Å². The van der Waals surface area contributed by atoms with Gasteiger partial charge in [-0.25, -0.2) is 0 Å². The van der Waals surface area contributed by atoms with Crippen LogP contribution in [0, 0.1) is 5.92 Å². The molecule has 1 aliphatic heterocycles. The van der Waals surface area contributed by atoms with Crippen LogP contribution in [0.5, 0.6) is 5.75 Å². The summed E-state index contributed by atoms with van der Waals surface area (Å²) in [6.07, 6.45) is 1.37. The van der Waals surface area contributed by atoms with E-state index in [2.05, 4.69) is 29.0 Å². The summed E-state index contributed by atoms with van der Waals surface area (Å²) in [6.45, 7) is 5.73. The topological polar surface area (TPSA) is 101 Å². The van der Waals surface area contributed by atoms with Crippen molar-refractivity contribution in [3.05, 3.63) is 66.1 Å². The minimum atomic E-state index is -0.345. The van der Waals surface area contributed by atoms with Crippen molar-refractivity contribution in [1.82, 2.24) is 25.0 Å². The van der Waals surface area contributed by atoms with E-state index in [1.165, 1.54) is 4.90 Å². The number of hydrogen-bond donors (Lipinski definition) is 1. The molecule has 0 bridgehead atoms. The van der Waals surface area contributed by atoms with E-state index in [1.54, 1.807) is 24.3 Å². The van der Waals surface area contributed by atoms with Crippen molar-refractivity contribution >= 4 is 11.8 Å². The zero-order valence-corrected chi connectivity index (χ0v) is 20.3. The number of benzene rings is 1. The molecule has 1 unspecified atom stereocenters. The van der Waals surface area contributed by atoms with Gasteiger partial charge in [0.15, 0.2) is 0 Å². The lowest BCUT2D eigenvalue weighted by atomic mass is 10.1. The molecule has 2 aromatic heterocycles. The first kappa shape index (κ1) is 24.4. The summed E-state index contributed by atoms with van der Waals surface area (Å²) in [4.78, 5) is 34.1. The molecule has 1 saturated heterocycles. The van der Waals surface area contributed by atoms with Gasteiger partial charge in [0, 0.05) is 31.4 Å². The molecule has 0 radical (unpaired) electrons. The molecule has 9 heteroatoms. The molecule has 3 aromatic rings. The number of pyridine rings is 1. The Morgan fingerprint density at radius 2 is 1.97 bits per heavy atom. The van der Waals surface area contributed by atoms with Gasteiger partial charge in [0.25, 0.3) is 5.91 Å². The van der Waals surface area contributed by atoms with Crippen LogP contribution in [0.3, 0.4) is 0 Å². The van der Waals surface area contributed by atoms with Gasteiger partial charge in [-0.1, -0.05) is 32.0 Å². The molecule has 2 amide bonds. The summed E-state index contributed by atoms with van der Waals surface area (Å²) < 4.78 is 11.6. The average molecular weight is 478 g/mol. The number of aromatic nitrogens is 3. The molecule has 3 heterocycles. The molecule has 0 aliphatic carbocycles. The summed E-state index contributed by atoms with van der Waals surface area (Å²) in [7, 11) is 1.59. The van der Waals surface area contributed by atoms with Gasteiger partial charge < -0.3 is 19.3 Å². The Kier molecular flexibility index (Phi) is 7.77. The number of nitrogens with one attached hydrogen (secondary N) is 1. The first-order chi connectivity index (χ1) is 16.9. The van der Waals surface area contributed by atoms with Crippen LogP contribution >= 0.6 is 0 Å². The van der Waals surface area contributed by atoms with Crippen LogP contribution in [0.25, 0.3) is 11.3 Å². The molecule has 35 heavy (non-hydrogen) atoms. The monoisotopic (exact) mass is 477 g/mol. The number of para-hydroxylation sites is 1. The Morgan fingerprint density at radius 1 is 1.17 bits per heavy atom. The van der Waals surface area contributed by atoms with Crippen molar-refractivity contribution < 1.29 is 19.1 Å². The zero-order chi connectivity index (χ0) is 24.8. The van der Waals surface area contributed by atoms with Crippen molar-refractivity contribution in [2.24, 2.45) is 5.92 Å². The van der Waals surface area contributed by atoms with E-state index in [4.69, 9.17) is 9.47 Å². The highest BCUT2D eigenvalue weighted by Crippen LogP contribution is 2.28. The molecule has 1 N–H and O–H groups in total. The molecule has 1 aliphatic rings. The summed E-state index contributed by atoms with van der Waals surface area (Å²) in [5, 5.41) is 7.15. The normalized spacial score (nSPS) is 16.5. The van der Waals surface area contributed by atoms with E-state index in [0.717, 1.165) is 11.3 Å². The molecule has 9 nitrogen and oxygen atoms in total. The molecule has 1 atom stereocenters. The lowest BCUT2D eigenvalue weighted by Crippen LogP contribution is -2.40. The Hall–Kier alpha value is -3.72. The summed E-state index contributed by atoms with van der Waals surface area (Å²) >= 11 is 0. The highest BCUT2D eigenvalue weighted by atomic mass is 16.5. The summed E-state index contributed by atoms with van der Waals surface area (Å²) in [6, 6.07) is 14.8. The van der Waals surface area contributed by atoms with Gasteiger partial charge in [0.05, 0.1) is 31.2 Å². The second-order valence-corrected chi connectivity index (χ2v) is 9.00. The van der Waals surface area contributed by atoms with Crippen molar-refractivity contribution in [3.63, 3.8) is 0 Å². The maximum absolute atomic E-state index is 13.4. The van der Waals surface area contributed by atoms with Crippen LogP contribution < -0.4 is 4.74 Å². The fourth-order valence-electron chi connectivity index (χ4n) is 4.14. The number of methoxy groups -OCH3 is 1. The molecule has 1 fully saturated rings.